The highest BCUT2D eigenvalue weighted by Crippen LogP contribution is 2.27. The molecular formula is C22H28FN5. The van der Waals surface area contributed by atoms with Crippen LogP contribution in [0.25, 0.3) is 0 Å². The van der Waals surface area contributed by atoms with Gasteiger partial charge in [0, 0.05) is 24.4 Å². The fraction of sp³-hybridized carbons (Fsp3) is 0.318. The largest absolute Gasteiger partial charge is 0.396 e. The third-order valence-electron chi connectivity index (χ3n) is 4.99. The number of likely N-dealkylation sites (N-methyl/N-ethyl adjacent to an activating group) is 1. The molecule has 0 saturated carbocycles. The summed E-state index contributed by atoms with van der Waals surface area (Å²) in [7, 11) is 0. The molecule has 5 N–H and O–H groups in total. The normalized spacial score (nSPS) is 18.9. The molecule has 0 bridgehead atoms. The van der Waals surface area contributed by atoms with Crippen molar-refractivity contribution in [3.63, 3.8) is 0 Å². The Labute approximate surface area is 165 Å². The van der Waals surface area contributed by atoms with Gasteiger partial charge < -0.3 is 16.0 Å². The molecule has 1 unspecified atom stereocenters. The van der Waals surface area contributed by atoms with Gasteiger partial charge in [0.2, 0.25) is 5.79 Å². The standard InChI is InChI=1S/C22H28FN5/c1-3-28(4-2)21-15-18(12-10-16-8-6-5-7-9-16)26-22(25,27-21)17-11-13-19(23)20(24)14-17/h5-9,11,13-15,26H,3-4,10,12,24-25H2,1-2H3. The Morgan fingerprint density at radius 2 is 1.79 bits per heavy atom. The van der Waals surface area contributed by atoms with E-state index >= 15 is 0 Å². The quantitative estimate of drug-likeness (QED) is 0.671. The van der Waals surface area contributed by atoms with E-state index in [0.29, 0.717) is 5.56 Å². The molecule has 0 fully saturated rings. The lowest BCUT2D eigenvalue weighted by Gasteiger charge is -2.36. The zero-order chi connectivity index (χ0) is 20.1. The molecule has 0 amide bonds. The molecule has 1 atom stereocenters. The van der Waals surface area contributed by atoms with E-state index in [4.69, 9.17) is 16.5 Å². The Morgan fingerprint density at radius 3 is 2.43 bits per heavy atom. The Hall–Kier alpha value is -2.86. The Kier molecular flexibility index (Phi) is 5.99. The molecule has 148 valence electrons. The van der Waals surface area contributed by atoms with Crippen molar-refractivity contribution in [3.8, 4) is 0 Å². The first-order valence-corrected chi connectivity index (χ1v) is 9.67. The smallest absolute Gasteiger partial charge is 0.211 e. The van der Waals surface area contributed by atoms with Gasteiger partial charge in [0.1, 0.15) is 11.7 Å². The number of halogens is 1. The van der Waals surface area contributed by atoms with Crippen LogP contribution in [-0.4, -0.2) is 23.8 Å². The lowest BCUT2D eigenvalue weighted by molar-refractivity contribution is 0.367. The first-order chi connectivity index (χ1) is 13.4. The van der Waals surface area contributed by atoms with Gasteiger partial charge >= 0.3 is 0 Å². The number of benzene rings is 2. The van der Waals surface area contributed by atoms with E-state index in [1.54, 1.807) is 12.1 Å². The minimum Gasteiger partial charge on any atom is -0.396 e. The minimum atomic E-state index is -1.19. The van der Waals surface area contributed by atoms with Crippen LogP contribution in [0.2, 0.25) is 0 Å². The summed E-state index contributed by atoms with van der Waals surface area (Å²) in [6.45, 7) is 5.80. The fourth-order valence-electron chi connectivity index (χ4n) is 3.36. The van der Waals surface area contributed by atoms with Crippen molar-refractivity contribution in [1.82, 2.24) is 10.2 Å². The SMILES string of the molecule is CCN(CC)C1=NC(N)(c2ccc(F)c(N)c2)NC(CCc2ccccc2)=C1. The van der Waals surface area contributed by atoms with Gasteiger partial charge in [-0.25, -0.2) is 9.38 Å². The zero-order valence-electron chi connectivity index (χ0n) is 16.5. The number of aryl methyl sites for hydroxylation is 1. The van der Waals surface area contributed by atoms with Crippen LogP contribution in [0.4, 0.5) is 10.1 Å². The van der Waals surface area contributed by atoms with Crippen LogP contribution in [0.15, 0.2) is 65.3 Å². The molecule has 5 nitrogen and oxygen atoms in total. The third kappa shape index (κ3) is 4.34. The van der Waals surface area contributed by atoms with Crippen LogP contribution in [0, 0.1) is 5.82 Å². The summed E-state index contributed by atoms with van der Waals surface area (Å²) >= 11 is 0. The monoisotopic (exact) mass is 381 g/mol. The average molecular weight is 381 g/mol. The molecule has 0 saturated heterocycles. The van der Waals surface area contributed by atoms with E-state index in [0.717, 1.165) is 37.5 Å². The predicted octanol–water partition coefficient (Wildman–Crippen LogP) is 3.34. The van der Waals surface area contributed by atoms with Crippen LogP contribution < -0.4 is 16.8 Å². The van der Waals surface area contributed by atoms with Gasteiger partial charge in [-0.05, 0) is 50.5 Å². The summed E-state index contributed by atoms with van der Waals surface area (Å²) < 4.78 is 13.6. The molecule has 1 aliphatic heterocycles. The van der Waals surface area contributed by atoms with Gasteiger partial charge in [-0.2, -0.15) is 0 Å². The Balaban J connectivity index is 1.92. The van der Waals surface area contributed by atoms with Crippen molar-refractivity contribution >= 4 is 11.5 Å². The number of anilines is 1. The van der Waals surface area contributed by atoms with E-state index in [1.807, 2.05) is 24.3 Å². The van der Waals surface area contributed by atoms with Gasteiger partial charge in [-0.15, -0.1) is 0 Å². The van der Waals surface area contributed by atoms with Crippen molar-refractivity contribution in [1.29, 1.82) is 0 Å². The number of rotatable bonds is 6. The minimum absolute atomic E-state index is 0.0594. The van der Waals surface area contributed by atoms with Gasteiger partial charge in [0.05, 0.1) is 5.69 Å². The fourth-order valence-corrected chi connectivity index (χ4v) is 3.36. The molecule has 0 radical (unpaired) electrons. The number of nitrogens with two attached hydrogens (primary N) is 2. The molecule has 1 aliphatic rings. The van der Waals surface area contributed by atoms with Crippen LogP contribution >= 0.6 is 0 Å². The van der Waals surface area contributed by atoms with Gasteiger partial charge in [0.25, 0.3) is 0 Å². The van der Waals surface area contributed by atoms with Crippen LogP contribution in [0.5, 0.6) is 0 Å². The molecule has 0 spiro atoms. The van der Waals surface area contributed by atoms with Crippen molar-refractivity contribution in [3.05, 3.63) is 77.2 Å². The molecular weight excluding hydrogens is 353 g/mol. The number of nitrogens with one attached hydrogen (secondary N) is 1. The molecule has 3 rings (SSSR count). The first kappa shape index (κ1) is 19.9. The summed E-state index contributed by atoms with van der Waals surface area (Å²) in [5, 5.41) is 3.34. The Bertz CT molecular complexity index is 874. The van der Waals surface area contributed by atoms with E-state index in [2.05, 4.69) is 36.2 Å². The Morgan fingerprint density at radius 1 is 1.07 bits per heavy atom. The third-order valence-corrected chi connectivity index (χ3v) is 4.99. The second-order valence-electron chi connectivity index (χ2n) is 6.93. The van der Waals surface area contributed by atoms with E-state index < -0.39 is 11.6 Å². The summed E-state index contributed by atoms with van der Waals surface area (Å²) in [5.74, 6) is -0.839. The summed E-state index contributed by atoms with van der Waals surface area (Å²) in [6.07, 6.45) is 3.72. The van der Waals surface area contributed by atoms with Gasteiger partial charge in [-0.3, -0.25) is 5.73 Å². The molecule has 1 heterocycles. The van der Waals surface area contributed by atoms with E-state index in [-0.39, 0.29) is 5.69 Å². The zero-order valence-corrected chi connectivity index (χ0v) is 16.5. The van der Waals surface area contributed by atoms with Crippen molar-refractivity contribution in [2.75, 3.05) is 18.8 Å². The lowest BCUT2D eigenvalue weighted by Crippen LogP contribution is -2.52. The van der Waals surface area contributed by atoms with Crippen molar-refractivity contribution in [2.24, 2.45) is 10.7 Å². The first-order valence-electron chi connectivity index (χ1n) is 9.67. The summed E-state index contributed by atoms with van der Waals surface area (Å²) in [6, 6.07) is 14.8. The summed E-state index contributed by atoms with van der Waals surface area (Å²) in [4.78, 5) is 6.91. The molecule has 2 aromatic carbocycles. The van der Waals surface area contributed by atoms with Crippen LogP contribution in [0.1, 0.15) is 31.4 Å². The number of amidine groups is 1. The molecule has 6 heteroatoms. The second kappa shape index (κ2) is 8.44. The summed E-state index contributed by atoms with van der Waals surface area (Å²) in [5.41, 5.74) is 15.4. The molecule has 28 heavy (non-hydrogen) atoms. The topological polar surface area (TPSA) is 79.7 Å². The number of nitrogen functional groups attached to an aromatic ring is 1. The maximum atomic E-state index is 13.6. The van der Waals surface area contributed by atoms with Crippen LogP contribution in [0.3, 0.4) is 0 Å². The molecule has 0 aliphatic carbocycles. The number of nitrogens with zero attached hydrogens (tertiary/aromatic N) is 2. The number of hydrogen-bond acceptors (Lipinski definition) is 5. The second-order valence-corrected chi connectivity index (χ2v) is 6.93. The van der Waals surface area contributed by atoms with Crippen molar-refractivity contribution < 1.29 is 4.39 Å². The molecule has 2 aromatic rings. The van der Waals surface area contributed by atoms with Crippen LogP contribution in [-0.2, 0) is 12.2 Å². The predicted molar refractivity (Wildman–Crippen MR) is 113 cm³/mol. The number of allylic oxidation sites excluding steroid dienone is 1. The van der Waals surface area contributed by atoms with Crippen molar-refractivity contribution in [2.45, 2.75) is 32.5 Å². The highest BCUT2D eigenvalue weighted by Gasteiger charge is 2.32. The van der Waals surface area contributed by atoms with E-state index in [9.17, 15) is 4.39 Å². The maximum Gasteiger partial charge on any atom is 0.211 e. The maximum absolute atomic E-state index is 13.6. The number of hydrogen-bond donors (Lipinski definition) is 3. The average Bonchev–Trinajstić information content (AvgIpc) is 2.70. The van der Waals surface area contributed by atoms with Gasteiger partial charge in [0.15, 0.2) is 0 Å². The number of aliphatic imine (C=N–C) groups is 1. The van der Waals surface area contributed by atoms with Gasteiger partial charge in [-0.1, -0.05) is 36.4 Å². The highest BCUT2D eigenvalue weighted by atomic mass is 19.1. The lowest BCUT2D eigenvalue weighted by atomic mass is 10.0. The highest BCUT2D eigenvalue weighted by molar-refractivity contribution is 5.94. The van der Waals surface area contributed by atoms with E-state index in [1.165, 1.54) is 11.6 Å². The molecule has 0 aromatic heterocycles.